The molecule has 2 saturated carbocycles. The highest BCUT2D eigenvalue weighted by Gasteiger charge is 2.42. The number of hydrogen-bond acceptors (Lipinski definition) is 6. The first-order valence-corrected chi connectivity index (χ1v) is 9.47. The summed E-state index contributed by atoms with van der Waals surface area (Å²) in [6.45, 7) is 2.05. The lowest BCUT2D eigenvalue weighted by atomic mass is 9.84. The Kier molecular flexibility index (Phi) is 4.97. The second-order valence-corrected chi connectivity index (χ2v) is 8.20. The zero-order valence-electron chi connectivity index (χ0n) is 12.4. The fourth-order valence-corrected chi connectivity index (χ4v) is 5.06. The number of nitrogens with one attached hydrogen (secondary N) is 2. The summed E-state index contributed by atoms with van der Waals surface area (Å²) in [7, 11) is 0. The van der Waals surface area contributed by atoms with E-state index in [1.54, 1.807) is 5.51 Å². The second-order valence-electron chi connectivity index (χ2n) is 6.14. The largest absolute Gasteiger partial charge is 0.335 e. The summed E-state index contributed by atoms with van der Waals surface area (Å²) in [6.07, 6.45) is 5.17. The molecular weight excluding hydrogens is 320 g/mol. The number of fused-ring (bicyclic) bond motifs is 2. The first-order valence-electron chi connectivity index (χ1n) is 7.61. The molecule has 3 rings (SSSR count). The van der Waals surface area contributed by atoms with Gasteiger partial charge in [-0.1, -0.05) is 29.5 Å². The first-order chi connectivity index (χ1) is 10.6. The van der Waals surface area contributed by atoms with E-state index in [4.69, 9.17) is 0 Å². The average Bonchev–Trinajstić information content (AvgIpc) is 3.22. The molecule has 2 bridgehead atoms. The summed E-state index contributed by atoms with van der Waals surface area (Å²) in [5.74, 6) is 2.04. The highest BCUT2D eigenvalue weighted by molar-refractivity contribution is 8.01. The molecule has 2 fully saturated rings. The van der Waals surface area contributed by atoms with Crippen LogP contribution in [0.1, 0.15) is 32.6 Å². The average molecular weight is 340 g/mol. The second kappa shape index (κ2) is 6.95. The molecule has 1 aromatic heterocycles. The molecule has 2 aliphatic rings. The van der Waals surface area contributed by atoms with Crippen molar-refractivity contribution in [2.75, 3.05) is 5.75 Å². The third-order valence-electron chi connectivity index (χ3n) is 4.71. The maximum atomic E-state index is 11.9. The summed E-state index contributed by atoms with van der Waals surface area (Å²) in [5, 5.41) is 12.9. The van der Waals surface area contributed by atoms with Gasteiger partial charge >= 0.3 is 6.03 Å². The number of hydrogen-bond donors (Lipinski definition) is 2. The zero-order chi connectivity index (χ0) is 15.5. The van der Waals surface area contributed by atoms with Gasteiger partial charge < -0.3 is 5.32 Å². The zero-order valence-corrected chi connectivity index (χ0v) is 14.1. The van der Waals surface area contributed by atoms with Crippen molar-refractivity contribution in [2.24, 2.45) is 17.8 Å². The molecule has 3 amide bonds. The molecule has 2 aliphatic carbocycles. The molecule has 22 heavy (non-hydrogen) atoms. The lowest BCUT2D eigenvalue weighted by Crippen LogP contribution is -2.47. The highest BCUT2D eigenvalue weighted by Crippen LogP contribution is 2.49. The number of urea groups is 1. The summed E-state index contributed by atoms with van der Waals surface area (Å²) < 4.78 is 0.728. The van der Waals surface area contributed by atoms with E-state index >= 15 is 0 Å². The molecule has 1 aromatic rings. The Morgan fingerprint density at radius 3 is 2.95 bits per heavy atom. The minimum Gasteiger partial charge on any atom is -0.335 e. The van der Waals surface area contributed by atoms with Crippen LogP contribution in [0.4, 0.5) is 4.79 Å². The van der Waals surface area contributed by atoms with Crippen molar-refractivity contribution in [2.45, 2.75) is 43.0 Å². The van der Waals surface area contributed by atoms with Gasteiger partial charge in [-0.05, 0) is 43.9 Å². The Balaban J connectivity index is 1.39. The quantitative estimate of drug-likeness (QED) is 0.804. The van der Waals surface area contributed by atoms with Crippen LogP contribution in [0.2, 0.25) is 0 Å². The van der Waals surface area contributed by atoms with Gasteiger partial charge in [0.2, 0.25) is 5.91 Å². The Bertz CT molecular complexity index is 537. The molecule has 0 aliphatic heterocycles. The van der Waals surface area contributed by atoms with Gasteiger partial charge in [0.15, 0.2) is 4.34 Å². The van der Waals surface area contributed by atoms with Crippen LogP contribution in [0, 0.1) is 17.8 Å². The molecule has 2 N–H and O–H groups in total. The number of imide groups is 1. The monoisotopic (exact) mass is 340 g/mol. The van der Waals surface area contributed by atoms with Gasteiger partial charge in [0.1, 0.15) is 5.51 Å². The highest BCUT2D eigenvalue weighted by atomic mass is 32.2. The normalized spacial score (nSPS) is 27.6. The van der Waals surface area contributed by atoms with Gasteiger partial charge in [-0.2, -0.15) is 0 Å². The number of nitrogens with zero attached hydrogens (tertiary/aromatic N) is 2. The van der Waals surface area contributed by atoms with Gasteiger partial charge in [0, 0.05) is 6.04 Å². The molecule has 1 heterocycles. The van der Waals surface area contributed by atoms with E-state index in [0.29, 0.717) is 5.92 Å². The van der Waals surface area contributed by atoms with Crippen molar-refractivity contribution in [3.63, 3.8) is 0 Å². The van der Waals surface area contributed by atoms with E-state index in [0.717, 1.165) is 16.2 Å². The SMILES string of the molecule is CC(NC(=O)NC(=O)CSc1nncs1)C1CC2CCC1C2. The maximum absolute atomic E-state index is 11.9. The predicted octanol–water partition coefficient (Wildman–Crippen LogP) is 2.28. The number of rotatable bonds is 5. The fourth-order valence-electron chi connectivity index (χ4n) is 3.77. The summed E-state index contributed by atoms with van der Waals surface area (Å²) in [4.78, 5) is 23.7. The first kappa shape index (κ1) is 15.7. The molecule has 4 atom stereocenters. The summed E-state index contributed by atoms with van der Waals surface area (Å²) in [6, 6.07) is -0.267. The molecule has 6 nitrogen and oxygen atoms in total. The predicted molar refractivity (Wildman–Crippen MR) is 85.7 cm³/mol. The smallest absolute Gasteiger partial charge is 0.321 e. The summed E-state index contributed by atoms with van der Waals surface area (Å²) >= 11 is 2.66. The van der Waals surface area contributed by atoms with E-state index in [-0.39, 0.29) is 17.7 Å². The van der Waals surface area contributed by atoms with Crippen LogP contribution >= 0.6 is 23.1 Å². The van der Waals surface area contributed by atoms with E-state index in [1.807, 2.05) is 6.92 Å². The van der Waals surface area contributed by atoms with Crippen LogP contribution in [0.15, 0.2) is 9.85 Å². The van der Waals surface area contributed by atoms with E-state index < -0.39 is 6.03 Å². The van der Waals surface area contributed by atoms with Gasteiger partial charge in [-0.25, -0.2) is 4.79 Å². The van der Waals surface area contributed by atoms with Crippen molar-refractivity contribution in [1.29, 1.82) is 0 Å². The van der Waals surface area contributed by atoms with Crippen LogP contribution < -0.4 is 10.6 Å². The Labute approximate surface area is 137 Å². The van der Waals surface area contributed by atoms with Gasteiger partial charge in [0.25, 0.3) is 0 Å². The van der Waals surface area contributed by atoms with Crippen LogP contribution in [0.25, 0.3) is 0 Å². The molecular formula is C14H20N4O2S2. The van der Waals surface area contributed by atoms with Crippen molar-refractivity contribution in [1.82, 2.24) is 20.8 Å². The van der Waals surface area contributed by atoms with Crippen molar-refractivity contribution >= 4 is 35.0 Å². The minimum atomic E-state index is -0.391. The van der Waals surface area contributed by atoms with Crippen LogP contribution in [0.3, 0.4) is 0 Å². The van der Waals surface area contributed by atoms with E-state index in [2.05, 4.69) is 20.8 Å². The van der Waals surface area contributed by atoms with Crippen LogP contribution in [-0.4, -0.2) is 33.9 Å². The summed E-state index contributed by atoms with van der Waals surface area (Å²) in [5.41, 5.74) is 1.62. The maximum Gasteiger partial charge on any atom is 0.321 e. The van der Waals surface area contributed by atoms with Gasteiger partial charge in [-0.3, -0.25) is 10.1 Å². The molecule has 0 spiro atoms. The van der Waals surface area contributed by atoms with Gasteiger partial charge in [0.05, 0.1) is 5.75 Å². The van der Waals surface area contributed by atoms with Gasteiger partial charge in [-0.15, -0.1) is 10.2 Å². The third-order valence-corrected chi connectivity index (χ3v) is 6.57. The topological polar surface area (TPSA) is 84.0 Å². The fraction of sp³-hybridized carbons (Fsp3) is 0.714. The van der Waals surface area contributed by atoms with E-state index in [9.17, 15) is 9.59 Å². The molecule has 0 radical (unpaired) electrons. The number of aromatic nitrogens is 2. The van der Waals surface area contributed by atoms with Crippen molar-refractivity contribution in [3.8, 4) is 0 Å². The van der Waals surface area contributed by atoms with Crippen molar-refractivity contribution in [3.05, 3.63) is 5.51 Å². The Morgan fingerprint density at radius 2 is 2.32 bits per heavy atom. The molecule has 4 unspecified atom stereocenters. The minimum absolute atomic E-state index is 0.124. The number of carbonyl (C=O) groups is 2. The number of amides is 3. The Morgan fingerprint density at radius 1 is 1.45 bits per heavy atom. The molecule has 8 heteroatoms. The van der Waals surface area contributed by atoms with Crippen LogP contribution in [-0.2, 0) is 4.79 Å². The lowest BCUT2D eigenvalue weighted by molar-refractivity contribution is -0.117. The molecule has 120 valence electrons. The van der Waals surface area contributed by atoms with Crippen molar-refractivity contribution < 1.29 is 9.59 Å². The molecule has 0 saturated heterocycles. The van der Waals surface area contributed by atoms with Crippen LogP contribution in [0.5, 0.6) is 0 Å². The number of carbonyl (C=O) groups excluding carboxylic acids is 2. The van der Waals surface area contributed by atoms with E-state index in [1.165, 1.54) is 48.8 Å². The standard InChI is InChI=1S/C14H20N4O2S2/c1-8(11-5-9-2-3-10(11)4-9)16-13(20)17-12(19)6-21-14-18-15-7-22-14/h7-11H,2-6H2,1H3,(H2,16,17,19,20). The number of thioether (sulfide) groups is 1. The molecule has 0 aromatic carbocycles. The third kappa shape index (κ3) is 3.78. The lowest BCUT2D eigenvalue weighted by Gasteiger charge is -2.28. The Hall–Kier alpha value is -1.15.